The Morgan fingerprint density at radius 3 is 2.16 bits per heavy atom. The lowest BCUT2D eigenvalue weighted by atomic mass is 10.1. The van der Waals surface area contributed by atoms with Crippen LogP contribution in [0.3, 0.4) is 0 Å². The van der Waals surface area contributed by atoms with Crippen molar-refractivity contribution in [3.63, 3.8) is 0 Å². The van der Waals surface area contributed by atoms with Crippen LogP contribution in [0.4, 0.5) is 0 Å². The van der Waals surface area contributed by atoms with Crippen molar-refractivity contribution < 1.29 is 9.00 Å². The second-order valence-corrected chi connectivity index (χ2v) is 10.3. The zero-order valence-corrected chi connectivity index (χ0v) is 16.0. The first-order valence-electron chi connectivity index (χ1n) is 8.22. The number of fused-ring (bicyclic) bond motifs is 1. The van der Waals surface area contributed by atoms with Gasteiger partial charge in [-0.1, -0.05) is 35.9 Å². The summed E-state index contributed by atoms with van der Waals surface area (Å²) in [5.41, 5.74) is 2.53. The van der Waals surface area contributed by atoms with Gasteiger partial charge in [-0.15, -0.1) is 0 Å². The largest absolute Gasteiger partial charge is 0.351 e. The van der Waals surface area contributed by atoms with Crippen LogP contribution in [0.15, 0.2) is 53.4 Å². The number of halogens is 1. The lowest BCUT2D eigenvalue weighted by molar-refractivity contribution is -0.123. The fourth-order valence-corrected chi connectivity index (χ4v) is 4.77. The third kappa shape index (κ3) is 3.33. The molecule has 0 bridgehead atoms. The molecule has 1 amide bonds. The number of rotatable bonds is 4. The molecule has 0 spiro atoms. The first kappa shape index (κ1) is 18.0. The van der Waals surface area contributed by atoms with Crippen LogP contribution < -0.4 is 5.32 Å². The van der Waals surface area contributed by atoms with Crippen LogP contribution >= 0.6 is 11.6 Å². The Labute approximate surface area is 154 Å². The van der Waals surface area contributed by atoms with Gasteiger partial charge in [0.05, 0.1) is 0 Å². The number of benzene rings is 2. The summed E-state index contributed by atoms with van der Waals surface area (Å²) in [6.07, 6.45) is 1.61. The van der Waals surface area contributed by atoms with Gasteiger partial charge in [0.25, 0.3) is 0 Å². The Morgan fingerprint density at radius 1 is 1.12 bits per heavy atom. The molecule has 1 N–H and O–H groups in total. The molecule has 0 saturated carbocycles. The summed E-state index contributed by atoms with van der Waals surface area (Å²) < 4.78 is 12.2. The summed E-state index contributed by atoms with van der Waals surface area (Å²) >= 11 is 5.90. The predicted molar refractivity (Wildman–Crippen MR) is 105 cm³/mol. The van der Waals surface area contributed by atoms with E-state index in [1.165, 1.54) is 11.1 Å². The second kappa shape index (κ2) is 6.50. The van der Waals surface area contributed by atoms with E-state index in [-0.39, 0.29) is 11.9 Å². The molecule has 0 heterocycles. The van der Waals surface area contributed by atoms with Gasteiger partial charge in [0.1, 0.15) is 4.75 Å². The number of hydrogen-bond acceptors (Lipinski definition) is 2. The maximum atomic E-state index is 13.3. The lowest BCUT2D eigenvalue weighted by Crippen LogP contribution is -2.51. The molecule has 2 aromatic carbocycles. The lowest BCUT2D eigenvalue weighted by Gasteiger charge is -2.29. The highest BCUT2D eigenvalue weighted by Gasteiger charge is 2.39. The van der Waals surface area contributed by atoms with Crippen LogP contribution in [0.2, 0.25) is 5.02 Å². The van der Waals surface area contributed by atoms with E-state index in [0.717, 1.165) is 12.8 Å². The maximum absolute atomic E-state index is 13.3. The molecule has 1 atom stereocenters. The van der Waals surface area contributed by atoms with E-state index in [0.29, 0.717) is 9.92 Å². The minimum absolute atomic E-state index is 0.0320. The van der Waals surface area contributed by atoms with Crippen molar-refractivity contribution in [3.8, 4) is 0 Å². The zero-order valence-electron chi connectivity index (χ0n) is 14.4. The molecule has 0 aliphatic heterocycles. The van der Waals surface area contributed by atoms with E-state index in [1.54, 1.807) is 38.1 Å². The van der Waals surface area contributed by atoms with E-state index in [9.17, 15) is 9.00 Å². The summed E-state index contributed by atoms with van der Waals surface area (Å²) in [5.74, 6) is 3.66. The van der Waals surface area contributed by atoms with Crippen LogP contribution in [0.1, 0.15) is 25.0 Å². The topological polar surface area (TPSA) is 46.2 Å². The smallest absolute Gasteiger partial charge is 0.238 e. The number of carbonyl (C=O) groups is 1. The quantitative estimate of drug-likeness (QED) is 0.831. The Morgan fingerprint density at radius 2 is 1.64 bits per heavy atom. The summed E-state index contributed by atoms with van der Waals surface area (Å²) in [5, 5.41) is 3.63. The molecular formula is C20H22ClNO2S. The van der Waals surface area contributed by atoms with Crippen molar-refractivity contribution in [2.75, 3.05) is 0 Å². The predicted octanol–water partition coefficient (Wildman–Crippen LogP) is 3.48. The Balaban J connectivity index is 1.78. The third-order valence-corrected chi connectivity index (χ3v) is 8.07. The molecular weight excluding hydrogens is 354 g/mol. The average molecular weight is 376 g/mol. The van der Waals surface area contributed by atoms with Gasteiger partial charge >= 0.3 is 0 Å². The molecule has 3 nitrogen and oxygen atoms in total. The Hall–Kier alpha value is -1.78. The van der Waals surface area contributed by atoms with Crippen molar-refractivity contribution in [1.82, 2.24) is 5.32 Å². The van der Waals surface area contributed by atoms with Crippen LogP contribution in [-0.4, -0.2) is 26.8 Å². The molecule has 1 unspecified atom stereocenters. The fraction of sp³-hybridized carbons (Fsp3) is 0.300. The molecule has 132 valence electrons. The van der Waals surface area contributed by atoms with Gasteiger partial charge in [-0.25, -0.2) is 0 Å². The summed E-state index contributed by atoms with van der Waals surface area (Å²) in [6.45, 7) is 3.38. The van der Waals surface area contributed by atoms with E-state index in [1.807, 2.05) is 12.1 Å². The molecule has 25 heavy (non-hydrogen) atoms. The molecule has 3 rings (SSSR count). The summed E-state index contributed by atoms with van der Waals surface area (Å²) in [7, 11) is -2.83. The van der Waals surface area contributed by atoms with Crippen molar-refractivity contribution in [3.05, 3.63) is 64.7 Å². The molecule has 0 fully saturated rings. The van der Waals surface area contributed by atoms with Crippen LogP contribution in [-0.2, 0) is 27.2 Å². The highest BCUT2D eigenvalue weighted by atomic mass is 35.5. The first-order chi connectivity index (χ1) is 11.7. The van der Waals surface area contributed by atoms with Gasteiger partial charge in [-0.05, 0) is 68.0 Å². The van der Waals surface area contributed by atoms with Gasteiger partial charge in [0, 0.05) is 25.5 Å². The molecule has 5 heteroatoms. The van der Waals surface area contributed by atoms with E-state index < -0.39 is 14.3 Å². The number of nitrogens with one attached hydrogen (secondary N) is 1. The van der Waals surface area contributed by atoms with Gasteiger partial charge in [-0.2, -0.15) is 0 Å². The summed E-state index contributed by atoms with van der Waals surface area (Å²) in [6, 6.07) is 14.9. The number of carbonyl (C=O) groups excluding carboxylic acids is 1. The maximum Gasteiger partial charge on any atom is 0.238 e. The molecule has 0 aromatic heterocycles. The third-order valence-electron chi connectivity index (χ3n) is 4.95. The molecule has 0 saturated heterocycles. The average Bonchev–Trinajstić information content (AvgIpc) is 2.97. The van der Waals surface area contributed by atoms with E-state index >= 15 is 0 Å². The van der Waals surface area contributed by atoms with Crippen LogP contribution in [0.25, 0.3) is 0 Å². The standard InChI is InChI=1S/C20H22ClNO2S/c1-20(2,25(3,24)18-10-8-16(21)9-11-18)19(23)22-17-12-14-6-4-5-7-15(14)13-17/h4-11,17H,3,12-13H2,1-2H3,(H,22,23). The molecule has 2 aromatic rings. The van der Waals surface area contributed by atoms with Crippen molar-refractivity contribution in [2.45, 2.75) is 42.4 Å². The Bertz CT molecular complexity index is 877. The minimum Gasteiger partial charge on any atom is -0.351 e. The first-order valence-corrected chi connectivity index (χ1v) is 10.3. The van der Waals surface area contributed by atoms with Crippen LogP contribution in [0.5, 0.6) is 0 Å². The number of amides is 1. The molecule has 1 aliphatic carbocycles. The molecule has 1 aliphatic rings. The normalized spacial score (nSPS) is 16.9. The van der Waals surface area contributed by atoms with Gasteiger partial charge in [0.15, 0.2) is 0 Å². The monoisotopic (exact) mass is 375 g/mol. The number of hydrogen-bond donors (Lipinski definition) is 1. The summed E-state index contributed by atoms with van der Waals surface area (Å²) in [4.78, 5) is 13.4. The fourth-order valence-electron chi connectivity index (χ4n) is 3.12. The van der Waals surface area contributed by atoms with Gasteiger partial charge in [0.2, 0.25) is 5.91 Å². The van der Waals surface area contributed by atoms with Gasteiger partial charge < -0.3 is 5.32 Å². The minimum atomic E-state index is -2.83. The van der Waals surface area contributed by atoms with Crippen LogP contribution in [0, 0.1) is 0 Å². The molecule has 0 radical (unpaired) electrons. The van der Waals surface area contributed by atoms with E-state index in [2.05, 4.69) is 23.3 Å². The Kier molecular flexibility index (Phi) is 4.69. The highest BCUT2D eigenvalue weighted by Crippen LogP contribution is 2.28. The van der Waals surface area contributed by atoms with Crippen molar-refractivity contribution >= 4 is 32.9 Å². The van der Waals surface area contributed by atoms with Crippen molar-refractivity contribution in [2.24, 2.45) is 0 Å². The highest BCUT2D eigenvalue weighted by molar-refractivity contribution is 8.02. The van der Waals surface area contributed by atoms with E-state index in [4.69, 9.17) is 11.6 Å². The van der Waals surface area contributed by atoms with Gasteiger partial charge in [-0.3, -0.25) is 9.00 Å². The second-order valence-electron chi connectivity index (χ2n) is 6.99. The van der Waals surface area contributed by atoms with Crippen molar-refractivity contribution in [1.29, 1.82) is 0 Å². The SMILES string of the molecule is C=S(=O)(c1ccc(Cl)cc1)C(C)(C)C(=O)NC1Cc2ccccc2C1. The zero-order chi connectivity index (χ0) is 18.2.